The zero-order valence-electron chi connectivity index (χ0n) is 11.0. The molecule has 9 heteroatoms. The van der Waals surface area contributed by atoms with Crippen LogP contribution in [0.2, 0.25) is 0 Å². The highest BCUT2D eigenvalue weighted by molar-refractivity contribution is 6.39. The van der Waals surface area contributed by atoms with Crippen molar-refractivity contribution in [3.63, 3.8) is 0 Å². The first-order valence-corrected chi connectivity index (χ1v) is 5.43. The van der Waals surface area contributed by atoms with Crippen LogP contribution in [-0.2, 0) is 6.42 Å². The Kier molecular flexibility index (Phi) is 4.85. The summed E-state index contributed by atoms with van der Waals surface area (Å²) >= 11 is 0. The van der Waals surface area contributed by atoms with Gasteiger partial charge in [0.1, 0.15) is 0 Å². The number of rotatable bonds is 5. The minimum absolute atomic E-state index is 0.00597. The smallest absolute Gasteiger partial charge is 0.493 e. The molecule has 0 spiro atoms. The first kappa shape index (κ1) is 16.6. The van der Waals surface area contributed by atoms with Crippen LogP contribution in [0.4, 0.5) is 13.2 Å². The van der Waals surface area contributed by atoms with E-state index in [-0.39, 0.29) is 17.9 Å². The zero-order valence-corrected chi connectivity index (χ0v) is 11.0. The van der Waals surface area contributed by atoms with Crippen molar-refractivity contribution in [1.29, 1.82) is 0 Å². The third-order valence-corrected chi connectivity index (χ3v) is 2.25. The van der Waals surface area contributed by atoms with Gasteiger partial charge in [0.05, 0.1) is 29.9 Å². The second kappa shape index (κ2) is 5.87. The van der Waals surface area contributed by atoms with Gasteiger partial charge in [0.2, 0.25) is 5.75 Å². The predicted octanol–water partition coefficient (Wildman–Crippen LogP) is 1.09. The molecule has 0 fully saturated rings. The van der Waals surface area contributed by atoms with E-state index in [1.54, 1.807) is 0 Å². The van der Waals surface area contributed by atoms with Crippen molar-refractivity contribution in [1.82, 2.24) is 0 Å². The molecule has 4 nitrogen and oxygen atoms in total. The normalized spacial score (nSPS) is 12.1. The second-order valence-electron chi connectivity index (χ2n) is 4.17. The second-order valence-corrected chi connectivity index (χ2v) is 4.17. The first-order valence-electron chi connectivity index (χ1n) is 5.43. The quantitative estimate of drug-likeness (QED) is 0.823. The van der Waals surface area contributed by atoms with Gasteiger partial charge in [-0.3, -0.25) is 0 Å². The lowest BCUT2D eigenvalue weighted by atomic mass is 9.60. The number of hydrogen-bond donors (Lipinski definition) is 1. The summed E-state index contributed by atoms with van der Waals surface area (Å²) in [6.45, 7) is 0. The molecule has 1 aromatic rings. The van der Waals surface area contributed by atoms with E-state index >= 15 is 0 Å². The van der Waals surface area contributed by atoms with Gasteiger partial charge in [-0.25, -0.2) is 0 Å². The summed E-state index contributed by atoms with van der Waals surface area (Å²) in [7, 11) is 13.3. The largest absolute Gasteiger partial charge is 0.573 e. The van der Waals surface area contributed by atoms with Gasteiger partial charge in [-0.1, -0.05) is 5.34 Å². The number of benzene rings is 1. The number of alkyl halides is 3. The molecule has 20 heavy (non-hydrogen) atoms. The van der Waals surface area contributed by atoms with Gasteiger partial charge in [0.25, 0.3) is 0 Å². The Hall–Kier alpha value is -1.50. The molecule has 0 amide bonds. The molecule has 0 aliphatic rings. The maximum Gasteiger partial charge on any atom is 0.573 e. The van der Waals surface area contributed by atoms with Gasteiger partial charge in [-0.2, -0.15) is 0 Å². The molecular formula is C11H12B2F3NO3. The zero-order chi connectivity index (χ0) is 15.6. The van der Waals surface area contributed by atoms with E-state index in [4.69, 9.17) is 30.9 Å². The van der Waals surface area contributed by atoms with Crippen LogP contribution in [0, 0.1) is 0 Å². The van der Waals surface area contributed by atoms with Crippen molar-refractivity contribution in [2.24, 2.45) is 5.73 Å². The van der Waals surface area contributed by atoms with Crippen LogP contribution in [0.1, 0.15) is 5.56 Å². The Morgan fingerprint density at radius 3 is 1.85 bits per heavy atom. The number of halogens is 3. The Morgan fingerprint density at radius 2 is 1.55 bits per heavy atom. The van der Waals surface area contributed by atoms with Gasteiger partial charge in [0, 0.05) is 0 Å². The third-order valence-electron chi connectivity index (χ3n) is 2.25. The van der Waals surface area contributed by atoms with E-state index < -0.39 is 17.4 Å². The maximum absolute atomic E-state index is 12.4. The summed E-state index contributed by atoms with van der Waals surface area (Å²) < 4.78 is 50.7. The highest BCUT2D eigenvalue weighted by atomic mass is 19.4. The molecule has 0 saturated heterocycles. The molecule has 0 bridgehead atoms. The Bertz CT molecular complexity index is 450. The Morgan fingerprint density at radius 1 is 1.10 bits per heavy atom. The van der Waals surface area contributed by atoms with Crippen LogP contribution in [0.3, 0.4) is 0 Å². The Balaban J connectivity index is 3.25. The topological polar surface area (TPSA) is 53.7 Å². The molecular weight excluding hydrogens is 273 g/mol. The van der Waals surface area contributed by atoms with Crippen LogP contribution in [0.15, 0.2) is 12.1 Å². The minimum Gasteiger partial charge on any atom is -0.493 e. The summed E-state index contributed by atoms with van der Waals surface area (Å²) in [6, 6.07) is 2.59. The molecule has 0 unspecified atom stereocenters. The highest BCUT2D eigenvalue weighted by Crippen LogP contribution is 2.41. The molecule has 106 valence electrons. The predicted molar refractivity (Wildman–Crippen MR) is 68.4 cm³/mol. The lowest BCUT2D eigenvalue weighted by molar-refractivity contribution is -0.275. The number of ether oxygens (including phenoxy) is 3. The molecule has 0 heterocycles. The SMILES string of the molecule is [B]C([B])(N)Cc1cc(OC)c(OC(F)(F)F)c(OC)c1. The molecule has 1 aromatic carbocycles. The maximum atomic E-state index is 12.4. The van der Waals surface area contributed by atoms with Crippen molar-refractivity contribution < 1.29 is 27.4 Å². The van der Waals surface area contributed by atoms with E-state index in [2.05, 4.69) is 4.74 Å². The van der Waals surface area contributed by atoms with E-state index in [9.17, 15) is 13.2 Å². The highest BCUT2D eigenvalue weighted by Gasteiger charge is 2.34. The van der Waals surface area contributed by atoms with Crippen molar-refractivity contribution >= 4 is 15.7 Å². The number of hydrogen-bond acceptors (Lipinski definition) is 4. The van der Waals surface area contributed by atoms with Gasteiger partial charge in [-0.15, -0.1) is 13.2 Å². The van der Waals surface area contributed by atoms with E-state index in [1.807, 2.05) is 0 Å². The lowest BCUT2D eigenvalue weighted by Crippen LogP contribution is -2.43. The van der Waals surface area contributed by atoms with E-state index in [0.717, 1.165) is 0 Å². The monoisotopic (exact) mass is 285 g/mol. The standard InChI is InChI=1S/C11H12B2F3NO3/c1-18-7-3-6(5-10(12,13)17)4-8(19-2)9(7)20-11(14,15)16/h3-4H,5,17H2,1-2H3. The molecule has 0 atom stereocenters. The molecule has 0 aliphatic heterocycles. The molecule has 1 rings (SSSR count). The van der Waals surface area contributed by atoms with Crippen LogP contribution in [0.25, 0.3) is 0 Å². The van der Waals surface area contributed by atoms with Crippen LogP contribution < -0.4 is 19.9 Å². The average Bonchev–Trinajstić information content (AvgIpc) is 2.26. The van der Waals surface area contributed by atoms with Crippen molar-refractivity contribution in [2.75, 3.05) is 14.2 Å². The van der Waals surface area contributed by atoms with Gasteiger partial charge < -0.3 is 19.9 Å². The molecule has 0 aliphatic carbocycles. The Labute approximate surface area is 117 Å². The fraction of sp³-hybridized carbons (Fsp3) is 0.455. The van der Waals surface area contributed by atoms with Gasteiger partial charge >= 0.3 is 6.36 Å². The van der Waals surface area contributed by atoms with Crippen LogP contribution in [-0.4, -0.2) is 41.6 Å². The van der Waals surface area contributed by atoms with E-state index in [1.165, 1.54) is 26.4 Å². The molecule has 0 aromatic heterocycles. The van der Waals surface area contributed by atoms with Crippen molar-refractivity contribution in [3.05, 3.63) is 17.7 Å². The summed E-state index contributed by atoms with van der Waals surface area (Å²) in [5, 5.41) is -1.51. The molecule has 2 N–H and O–H groups in total. The average molecular weight is 285 g/mol. The fourth-order valence-corrected chi connectivity index (χ4v) is 1.61. The number of nitrogens with two attached hydrogens (primary N) is 1. The summed E-state index contributed by atoms with van der Waals surface area (Å²) in [5.41, 5.74) is 5.90. The molecule has 4 radical (unpaired) electrons. The molecule has 0 saturated carbocycles. The summed E-state index contributed by atoms with van der Waals surface area (Å²) in [6.07, 6.45) is -4.87. The summed E-state index contributed by atoms with van der Waals surface area (Å²) in [5.74, 6) is -0.912. The van der Waals surface area contributed by atoms with Gasteiger partial charge in [-0.05, 0) is 24.1 Å². The summed E-state index contributed by atoms with van der Waals surface area (Å²) in [4.78, 5) is 0. The first-order chi connectivity index (χ1) is 9.05. The van der Waals surface area contributed by atoms with Gasteiger partial charge in [0.15, 0.2) is 11.5 Å². The van der Waals surface area contributed by atoms with Crippen molar-refractivity contribution in [3.8, 4) is 17.2 Å². The van der Waals surface area contributed by atoms with Crippen LogP contribution >= 0.6 is 0 Å². The van der Waals surface area contributed by atoms with E-state index in [0.29, 0.717) is 5.56 Å². The van der Waals surface area contributed by atoms with Crippen LogP contribution in [0.5, 0.6) is 17.2 Å². The lowest BCUT2D eigenvalue weighted by Gasteiger charge is -2.22. The minimum atomic E-state index is -4.87. The fourth-order valence-electron chi connectivity index (χ4n) is 1.61. The third kappa shape index (κ3) is 4.88. The van der Waals surface area contributed by atoms with Crippen molar-refractivity contribution in [2.45, 2.75) is 18.1 Å². The number of methoxy groups -OCH3 is 2.